The third-order valence-electron chi connectivity index (χ3n) is 0.774. The average molecular weight is 316 g/mol. The zero-order valence-corrected chi connectivity index (χ0v) is 11.3. The monoisotopic (exact) mass is 316 g/mol. The van der Waals surface area contributed by atoms with Gasteiger partial charge >= 0.3 is 65.5 Å². The standard InChI is InChI=1S/C5H9O2.Hg.H2O/c1-4(2)7-5(3)6;;/h4H,1H2,2-3H3;;1H2/i;1-4;. The van der Waals surface area contributed by atoms with Crippen LogP contribution in [0.1, 0.15) is 13.8 Å². The molecule has 0 bridgehead atoms. The van der Waals surface area contributed by atoms with Gasteiger partial charge in [-0.05, 0) is 0 Å². The summed E-state index contributed by atoms with van der Waals surface area (Å²) in [5, 5.41) is 0. The van der Waals surface area contributed by atoms with Crippen LogP contribution in [0.15, 0.2) is 0 Å². The van der Waals surface area contributed by atoms with Crippen molar-refractivity contribution >= 4 is 5.97 Å². The van der Waals surface area contributed by atoms with Gasteiger partial charge in [-0.3, -0.25) is 0 Å². The van der Waals surface area contributed by atoms with Gasteiger partial charge in [-0.15, -0.1) is 0 Å². The molecule has 0 aliphatic carbocycles. The summed E-state index contributed by atoms with van der Waals surface area (Å²) in [5.74, 6) is -0.164. The molecule has 3 nitrogen and oxygen atoms in total. The number of rotatable bonds is 2. The van der Waals surface area contributed by atoms with Crippen molar-refractivity contribution in [1.82, 2.24) is 0 Å². The molecule has 0 spiro atoms. The first-order valence-electron chi connectivity index (χ1n) is 2.63. The first-order chi connectivity index (χ1) is 3.66. The van der Waals surface area contributed by atoms with E-state index in [1.54, 1.807) is 0 Å². The first-order valence-corrected chi connectivity index (χ1v) is 6.52. The van der Waals surface area contributed by atoms with Crippen molar-refractivity contribution in [2.24, 2.45) is 0 Å². The van der Waals surface area contributed by atoms with E-state index >= 15 is 0 Å². The third-order valence-corrected chi connectivity index (χ3v) is 3.93. The summed E-state index contributed by atoms with van der Waals surface area (Å²) >= 11 is 0.750. The summed E-state index contributed by atoms with van der Waals surface area (Å²) in [6, 6.07) is 0. The van der Waals surface area contributed by atoms with E-state index in [1.807, 2.05) is 6.92 Å². The van der Waals surface area contributed by atoms with Crippen LogP contribution in [0.2, 0.25) is 3.93 Å². The van der Waals surface area contributed by atoms with Gasteiger partial charge in [0.1, 0.15) is 0 Å². The Morgan fingerprint density at radius 1 is 1.78 bits per heavy atom. The second kappa shape index (κ2) is 6.48. The quantitative estimate of drug-likeness (QED) is 0.535. The van der Waals surface area contributed by atoms with E-state index in [0.717, 1.165) is 30.1 Å². The van der Waals surface area contributed by atoms with E-state index in [4.69, 9.17) is 4.74 Å². The average Bonchev–Trinajstić information content (AvgIpc) is 1.65. The molecule has 0 aromatic rings. The van der Waals surface area contributed by atoms with E-state index in [9.17, 15) is 4.79 Å². The van der Waals surface area contributed by atoms with Crippen LogP contribution >= 0.6 is 0 Å². The van der Waals surface area contributed by atoms with Crippen molar-refractivity contribution in [1.29, 1.82) is 0 Å². The summed E-state index contributed by atoms with van der Waals surface area (Å²) in [4.78, 5) is 10.2. The number of carbonyl (C=O) groups excluding carboxylic acids is 1. The molecule has 0 aliphatic rings. The normalized spacial score (nSPS) is 11.6. The van der Waals surface area contributed by atoms with E-state index in [1.165, 1.54) is 6.92 Å². The van der Waals surface area contributed by atoms with E-state index in [2.05, 4.69) is 0 Å². The van der Waals surface area contributed by atoms with Crippen LogP contribution in [0, 0.1) is 0 Å². The van der Waals surface area contributed by atoms with Gasteiger partial charge in [-0.2, -0.15) is 0 Å². The van der Waals surface area contributed by atoms with Gasteiger partial charge in [0, 0.05) is 0 Å². The molecule has 4 heteroatoms. The van der Waals surface area contributed by atoms with Gasteiger partial charge in [0.15, 0.2) is 0 Å². The summed E-state index contributed by atoms with van der Waals surface area (Å²) in [6.45, 7) is 3.37. The molecule has 1 atom stereocenters. The molecular formula is C5H11HgO3. The summed E-state index contributed by atoms with van der Waals surface area (Å²) < 4.78 is 5.89. The van der Waals surface area contributed by atoms with Crippen molar-refractivity contribution in [3.8, 4) is 0 Å². The van der Waals surface area contributed by atoms with Crippen molar-refractivity contribution in [3.05, 3.63) is 0 Å². The van der Waals surface area contributed by atoms with E-state index in [-0.39, 0.29) is 17.5 Å². The maximum absolute atomic E-state index is 10.2. The number of hydrogen-bond donors (Lipinski definition) is 0. The molecule has 0 aliphatic heterocycles. The Bertz CT molecular complexity index is 84.3. The van der Waals surface area contributed by atoms with Crippen molar-refractivity contribution < 1.29 is 41.1 Å². The van der Waals surface area contributed by atoms with Gasteiger partial charge < -0.3 is 5.48 Å². The zero-order chi connectivity index (χ0) is 6.57. The summed E-state index contributed by atoms with van der Waals surface area (Å²) in [6.07, 6.45) is 0.163. The van der Waals surface area contributed by atoms with E-state index in [0.29, 0.717) is 0 Å². The Kier molecular flexibility index (Phi) is 8.70. The van der Waals surface area contributed by atoms with Crippen LogP contribution in [0.4, 0.5) is 0 Å². The predicted octanol–water partition coefficient (Wildman–Crippen LogP) is 0.0784. The minimum absolute atomic E-state index is 0. The van der Waals surface area contributed by atoms with Crippen molar-refractivity contribution in [2.45, 2.75) is 23.9 Å². The van der Waals surface area contributed by atoms with Gasteiger partial charge in [0.05, 0.1) is 0 Å². The molecule has 2 N–H and O–H groups in total. The Labute approximate surface area is 71.0 Å². The molecule has 0 fully saturated rings. The minimum atomic E-state index is -0.164. The fourth-order valence-electron chi connectivity index (χ4n) is 0.342. The first kappa shape index (κ1) is 12.1. The van der Waals surface area contributed by atoms with Crippen LogP contribution in [0.5, 0.6) is 0 Å². The molecule has 0 rings (SSSR count). The zero-order valence-electron chi connectivity index (χ0n) is 5.81. The number of esters is 1. The summed E-state index contributed by atoms with van der Waals surface area (Å²) in [5.41, 5.74) is 0. The topological polar surface area (TPSA) is 57.8 Å². The van der Waals surface area contributed by atoms with Crippen LogP contribution in [-0.4, -0.2) is 17.5 Å². The summed E-state index contributed by atoms with van der Waals surface area (Å²) in [7, 11) is 0. The van der Waals surface area contributed by atoms with Gasteiger partial charge in [-0.25, -0.2) is 0 Å². The number of ether oxygens (including phenoxy) is 1. The Morgan fingerprint density at radius 3 is 2.33 bits per heavy atom. The molecule has 0 radical (unpaired) electrons. The Balaban J connectivity index is 0. The van der Waals surface area contributed by atoms with Gasteiger partial charge in [0.25, 0.3) is 0 Å². The van der Waals surface area contributed by atoms with Crippen LogP contribution in [0.25, 0.3) is 0 Å². The minimum Gasteiger partial charge on any atom is -0.412 e. The Morgan fingerprint density at radius 2 is 2.22 bits per heavy atom. The number of hydrogen-bond acceptors (Lipinski definition) is 2. The molecule has 1 unspecified atom stereocenters. The molecule has 0 saturated heterocycles. The molecule has 0 heterocycles. The predicted molar refractivity (Wildman–Crippen MR) is 29.6 cm³/mol. The Hall–Kier alpha value is 0.365. The van der Waals surface area contributed by atoms with Gasteiger partial charge in [-0.1, -0.05) is 0 Å². The molecule has 0 aromatic carbocycles. The second-order valence-electron chi connectivity index (χ2n) is 1.71. The maximum Gasteiger partial charge on any atom is -0.412 e. The largest absolute Gasteiger partial charge is 0.412 e. The maximum atomic E-state index is 10.2. The van der Waals surface area contributed by atoms with Crippen molar-refractivity contribution in [2.75, 3.05) is 0 Å². The fraction of sp³-hybridized carbons (Fsp3) is 0.800. The SMILES string of the molecule is CC(=O)OC(C)[CH2][197Hg].O. The van der Waals surface area contributed by atoms with Crippen molar-refractivity contribution in [3.63, 3.8) is 0 Å². The van der Waals surface area contributed by atoms with E-state index < -0.39 is 0 Å². The van der Waals surface area contributed by atoms with Crippen LogP contribution in [-0.2, 0) is 35.7 Å². The molecule has 9 heavy (non-hydrogen) atoms. The van der Waals surface area contributed by atoms with Crippen LogP contribution in [0.3, 0.4) is 0 Å². The van der Waals surface area contributed by atoms with Crippen LogP contribution < -0.4 is 0 Å². The second-order valence-corrected chi connectivity index (χ2v) is 3.95. The molecule has 0 aromatic heterocycles. The molecular weight excluding hydrogens is 305 g/mol. The molecule has 0 saturated carbocycles. The molecule has 0 amide bonds. The number of carbonyl (C=O) groups is 1. The smallest absolute Gasteiger partial charge is 0.412 e. The molecule has 51 valence electrons. The van der Waals surface area contributed by atoms with Gasteiger partial charge in [0.2, 0.25) is 0 Å². The fourth-order valence-corrected chi connectivity index (χ4v) is 0.800. The third kappa shape index (κ3) is 8.37.